The van der Waals surface area contributed by atoms with E-state index < -0.39 is 0 Å². The molecule has 1 aromatic heterocycles. The molecular weight excluding hydrogens is 250 g/mol. The van der Waals surface area contributed by atoms with Gasteiger partial charge < -0.3 is 16.0 Å². The van der Waals surface area contributed by atoms with Crippen molar-refractivity contribution in [1.29, 1.82) is 0 Å². The number of aromatic nitrogens is 2. The highest BCUT2D eigenvalue weighted by molar-refractivity contribution is 5.55. The van der Waals surface area contributed by atoms with Crippen LogP contribution in [0.5, 0.6) is 0 Å². The monoisotopic (exact) mass is 269 g/mol. The number of benzene rings is 1. The summed E-state index contributed by atoms with van der Waals surface area (Å²) in [7, 11) is 0. The maximum Gasteiger partial charge on any atom is 0.223 e. The molecule has 0 radical (unpaired) electrons. The molecule has 1 aromatic carbocycles. The molecule has 0 spiro atoms. The van der Waals surface area contributed by atoms with Gasteiger partial charge in [0.05, 0.1) is 0 Å². The van der Waals surface area contributed by atoms with E-state index in [1.54, 1.807) is 0 Å². The van der Waals surface area contributed by atoms with E-state index in [2.05, 4.69) is 51.4 Å². The van der Waals surface area contributed by atoms with Crippen LogP contribution in [0.3, 0.4) is 0 Å². The minimum absolute atomic E-state index is 0.317. The van der Waals surface area contributed by atoms with Gasteiger partial charge >= 0.3 is 0 Å². The molecule has 0 saturated carbocycles. The van der Waals surface area contributed by atoms with Crippen molar-refractivity contribution >= 4 is 17.6 Å². The standard InChI is InChI=1S/C15H19N5/c1-2-7-17-13-8-14(19-15(16)18-13)20-9-11-5-3-4-6-12(11)10-20/h3-6,8H,2,7,9-10H2,1H3,(H3,16,17,18,19). The highest BCUT2D eigenvalue weighted by atomic mass is 15.2. The zero-order chi connectivity index (χ0) is 13.9. The van der Waals surface area contributed by atoms with Crippen LogP contribution in [0.4, 0.5) is 17.6 Å². The quantitative estimate of drug-likeness (QED) is 0.892. The highest BCUT2D eigenvalue weighted by Gasteiger charge is 2.20. The molecule has 20 heavy (non-hydrogen) atoms. The number of fused-ring (bicyclic) bond motifs is 1. The lowest BCUT2D eigenvalue weighted by atomic mass is 10.1. The molecule has 5 nitrogen and oxygen atoms in total. The van der Waals surface area contributed by atoms with Gasteiger partial charge in [-0.05, 0) is 17.5 Å². The van der Waals surface area contributed by atoms with Crippen LogP contribution in [0, 0.1) is 0 Å². The van der Waals surface area contributed by atoms with Crippen molar-refractivity contribution < 1.29 is 0 Å². The number of nitrogens with one attached hydrogen (secondary N) is 1. The largest absolute Gasteiger partial charge is 0.370 e. The molecule has 1 aliphatic rings. The third-order valence-corrected chi connectivity index (χ3v) is 3.45. The van der Waals surface area contributed by atoms with Gasteiger partial charge in [-0.25, -0.2) is 0 Å². The van der Waals surface area contributed by atoms with Crippen molar-refractivity contribution in [2.75, 3.05) is 22.5 Å². The summed E-state index contributed by atoms with van der Waals surface area (Å²) in [6, 6.07) is 10.4. The van der Waals surface area contributed by atoms with E-state index in [4.69, 9.17) is 5.73 Å². The number of nitrogens with two attached hydrogens (primary N) is 1. The molecule has 3 rings (SSSR count). The van der Waals surface area contributed by atoms with Gasteiger partial charge in [0.1, 0.15) is 11.6 Å². The summed E-state index contributed by atoms with van der Waals surface area (Å²) in [5.74, 6) is 2.00. The minimum atomic E-state index is 0.317. The number of hydrogen-bond acceptors (Lipinski definition) is 5. The van der Waals surface area contributed by atoms with E-state index in [9.17, 15) is 0 Å². The number of hydrogen-bond donors (Lipinski definition) is 2. The molecule has 0 fully saturated rings. The second-order valence-corrected chi connectivity index (χ2v) is 5.02. The number of nitrogens with zero attached hydrogens (tertiary/aromatic N) is 3. The molecule has 2 aromatic rings. The lowest BCUT2D eigenvalue weighted by Crippen LogP contribution is -2.17. The van der Waals surface area contributed by atoms with Gasteiger partial charge in [-0.15, -0.1) is 0 Å². The van der Waals surface area contributed by atoms with Crippen molar-refractivity contribution in [3.05, 3.63) is 41.5 Å². The van der Waals surface area contributed by atoms with Crippen molar-refractivity contribution in [2.45, 2.75) is 26.4 Å². The molecule has 0 saturated heterocycles. The van der Waals surface area contributed by atoms with Crippen LogP contribution in [0.2, 0.25) is 0 Å². The number of rotatable bonds is 4. The van der Waals surface area contributed by atoms with Crippen LogP contribution in [-0.2, 0) is 13.1 Å². The van der Waals surface area contributed by atoms with Crippen LogP contribution < -0.4 is 16.0 Å². The molecule has 0 unspecified atom stereocenters. The Hall–Kier alpha value is -2.30. The van der Waals surface area contributed by atoms with E-state index in [1.807, 2.05) is 6.07 Å². The van der Waals surface area contributed by atoms with E-state index >= 15 is 0 Å². The molecule has 5 heteroatoms. The Balaban J connectivity index is 1.83. The molecule has 104 valence electrons. The summed E-state index contributed by atoms with van der Waals surface area (Å²) in [5, 5.41) is 3.26. The van der Waals surface area contributed by atoms with Gasteiger partial charge in [-0.1, -0.05) is 31.2 Å². The molecule has 1 aliphatic heterocycles. The van der Waals surface area contributed by atoms with Gasteiger partial charge in [-0.2, -0.15) is 9.97 Å². The Morgan fingerprint density at radius 1 is 1.20 bits per heavy atom. The van der Waals surface area contributed by atoms with Crippen LogP contribution in [0.25, 0.3) is 0 Å². The van der Waals surface area contributed by atoms with Gasteiger partial charge in [-0.3, -0.25) is 0 Å². The molecule has 2 heterocycles. The SMILES string of the molecule is CCCNc1cc(N2Cc3ccccc3C2)nc(N)n1. The summed E-state index contributed by atoms with van der Waals surface area (Å²) < 4.78 is 0. The lowest BCUT2D eigenvalue weighted by molar-refractivity contribution is 0.852. The van der Waals surface area contributed by atoms with E-state index in [1.165, 1.54) is 11.1 Å². The second-order valence-electron chi connectivity index (χ2n) is 5.02. The van der Waals surface area contributed by atoms with Crippen LogP contribution >= 0.6 is 0 Å². The average molecular weight is 269 g/mol. The lowest BCUT2D eigenvalue weighted by Gasteiger charge is -2.17. The van der Waals surface area contributed by atoms with Crippen LogP contribution in [0.15, 0.2) is 30.3 Å². The molecule has 3 N–H and O–H groups in total. The molecular formula is C15H19N5. The maximum absolute atomic E-state index is 5.81. The molecule has 0 atom stereocenters. The normalized spacial score (nSPS) is 13.3. The third-order valence-electron chi connectivity index (χ3n) is 3.45. The van der Waals surface area contributed by atoms with Gasteiger partial charge in [0.15, 0.2) is 0 Å². The predicted molar refractivity (Wildman–Crippen MR) is 81.6 cm³/mol. The number of anilines is 3. The summed E-state index contributed by atoms with van der Waals surface area (Å²) >= 11 is 0. The zero-order valence-electron chi connectivity index (χ0n) is 11.6. The minimum Gasteiger partial charge on any atom is -0.370 e. The van der Waals surface area contributed by atoms with E-state index in [-0.39, 0.29) is 0 Å². The first kappa shape index (κ1) is 12.7. The Morgan fingerprint density at radius 3 is 2.55 bits per heavy atom. The summed E-state index contributed by atoms with van der Waals surface area (Å²) in [5.41, 5.74) is 8.52. The molecule has 0 bridgehead atoms. The average Bonchev–Trinajstić information content (AvgIpc) is 2.88. The maximum atomic E-state index is 5.81. The first-order valence-electron chi connectivity index (χ1n) is 6.96. The van der Waals surface area contributed by atoms with Gasteiger partial charge in [0.25, 0.3) is 0 Å². The summed E-state index contributed by atoms with van der Waals surface area (Å²) in [6.07, 6.45) is 1.05. The summed E-state index contributed by atoms with van der Waals surface area (Å²) in [6.45, 7) is 4.76. The fourth-order valence-electron chi connectivity index (χ4n) is 2.45. The molecule has 0 amide bonds. The topological polar surface area (TPSA) is 67.1 Å². The predicted octanol–water partition coefficient (Wildman–Crippen LogP) is 2.40. The van der Waals surface area contributed by atoms with Crippen LogP contribution in [-0.4, -0.2) is 16.5 Å². The van der Waals surface area contributed by atoms with E-state index in [0.29, 0.717) is 5.95 Å². The van der Waals surface area contributed by atoms with Crippen molar-refractivity contribution in [1.82, 2.24) is 9.97 Å². The summed E-state index contributed by atoms with van der Waals surface area (Å²) in [4.78, 5) is 10.8. The Labute approximate surface area is 118 Å². The second kappa shape index (κ2) is 5.36. The van der Waals surface area contributed by atoms with Gasteiger partial charge in [0, 0.05) is 25.7 Å². The van der Waals surface area contributed by atoms with Gasteiger partial charge in [0.2, 0.25) is 5.95 Å². The van der Waals surface area contributed by atoms with Crippen LogP contribution in [0.1, 0.15) is 24.5 Å². The molecule has 0 aliphatic carbocycles. The fourth-order valence-corrected chi connectivity index (χ4v) is 2.45. The first-order chi connectivity index (χ1) is 9.76. The Morgan fingerprint density at radius 2 is 1.90 bits per heavy atom. The smallest absolute Gasteiger partial charge is 0.223 e. The first-order valence-corrected chi connectivity index (χ1v) is 6.96. The van der Waals surface area contributed by atoms with Crippen molar-refractivity contribution in [3.8, 4) is 0 Å². The fraction of sp³-hybridized carbons (Fsp3) is 0.333. The van der Waals surface area contributed by atoms with E-state index in [0.717, 1.165) is 37.7 Å². The third kappa shape index (κ3) is 2.52. The van der Waals surface area contributed by atoms with Crippen molar-refractivity contribution in [3.63, 3.8) is 0 Å². The Bertz CT molecular complexity index is 586. The zero-order valence-corrected chi connectivity index (χ0v) is 11.6. The highest BCUT2D eigenvalue weighted by Crippen LogP contribution is 2.28. The number of nitrogen functional groups attached to an aromatic ring is 1. The van der Waals surface area contributed by atoms with Crippen molar-refractivity contribution in [2.24, 2.45) is 0 Å². The Kier molecular flexibility index (Phi) is 3.41.